The number of amides is 1. The van der Waals surface area contributed by atoms with E-state index in [4.69, 9.17) is 9.47 Å². The van der Waals surface area contributed by atoms with Crippen molar-refractivity contribution >= 4 is 23.1 Å². The Morgan fingerprint density at radius 1 is 0.963 bits per heavy atom. The normalized spacial score (nSPS) is 10.2. The molecule has 0 spiro atoms. The van der Waals surface area contributed by atoms with Gasteiger partial charge in [0.05, 0.1) is 19.9 Å². The van der Waals surface area contributed by atoms with Crippen LogP contribution in [-0.4, -0.2) is 30.1 Å². The molecule has 0 unspecified atom stereocenters. The largest absolute Gasteiger partial charge is 0.497 e. The number of nitrogens with one attached hydrogen (secondary N) is 2. The molecule has 27 heavy (non-hydrogen) atoms. The number of nitrogens with zero attached hydrogens (tertiary/aromatic N) is 2. The van der Waals surface area contributed by atoms with Crippen LogP contribution in [0.25, 0.3) is 0 Å². The highest BCUT2D eigenvalue weighted by atomic mass is 16.5. The molecule has 1 aromatic heterocycles. The number of hydrogen-bond acceptors (Lipinski definition) is 6. The van der Waals surface area contributed by atoms with Gasteiger partial charge in [0.1, 0.15) is 28.8 Å². The maximum atomic E-state index is 12.6. The molecule has 0 aliphatic rings. The average molecular weight is 364 g/mol. The van der Waals surface area contributed by atoms with E-state index >= 15 is 0 Å². The van der Waals surface area contributed by atoms with Crippen LogP contribution in [0.4, 0.5) is 17.2 Å². The Hall–Kier alpha value is -3.61. The average Bonchev–Trinajstić information content (AvgIpc) is 2.68. The molecule has 2 N–H and O–H groups in total. The maximum absolute atomic E-state index is 12.6. The van der Waals surface area contributed by atoms with Gasteiger partial charge in [-0.05, 0) is 31.2 Å². The molecule has 1 heterocycles. The Bertz CT molecular complexity index is 959. The summed E-state index contributed by atoms with van der Waals surface area (Å²) in [4.78, 5) is 21.2. The molecule has 0 aliphatic carbocycles. The molecule has 0 saturated carbocycles. The standard InChI is InChI=1S/C20H20N4O3/c1-13-21-17(20(25)23-14-7-6-8-15(11-14)26-2)12-19(22-13)24-16-9-4-5-10-18(16)27-3/h4-12H,1-3H3,(H,23,25)(H,21,22,24). The van der Waals surface area contributed by atoms with E-state index in [-0.39, 0.29) is 11.6 Å². The van der Waals surface area contributed by atoms with Crippen LogP contribution in [0.2, 0.25) is 0 Å². The fourth-order valence-corrected chi connectivity index (χ4v) is 2.53. The van der Waals surface area contributed by atoms with Crippen LogP contribution in [0.15, 0.2) is 54.6 Å². The van der Waals surface area contributed by atoms with Crippen molar-refractivity contribution in [2.24, 2.45) is 0 Å². The molecule has 1 amide bonds. The Kier molecular flexibility index (Phi) is 5.51. The van der Waals surface area contributed by atoms with Crippen molar-refractivity contribution in [2.45, 2.75) is 6.92 Å². The lowest BCUT2D eigenvalue weighted by atomic mass is 10.2. The van der Waals surface area contributed by atoms with Gasteiger partial charge in [-0.3, -0.25) is 4.79 Å². The molecule has 0 atom stereocenters. The number of carbonyl (C=O) groups is 1. The fraction of sp³-hybridized carbons (Fsp3) is 0.150. The first kappa shape index (κ1) is 18.2. The monoisotopic (exact) mass is 364 g/mol. The van der Waals surface area contributed by atoms with Crippen molar-refractivity contribution < 1.29 is 14.3 Å². The minimum atomic E-state index is -0.336. The number of rotatable bonds is 6. The topological polar surface area (TPSA) is 85.4 Å². The smallest absolute Gasteiger partial charge is 0.274 e. The number of benzene rings is 2. The summed E-state index contributed by atoms with van der Waals surface area (Å²) in [6.07, 6.45) is 0. The molecular formula is C20H20N4O3. The highest BCUT2D eigenvalue weighted by Gasteiger charge is 2.12. The van der Waals surface area contributed by atoms with Crippen molar-refractivity contribution in [3.05, 3.63) is 66.1 Å². The lowest BCUT2D eigenvalue weighted by Crippen LogP contribution is -2.15. The summed E-state index contributed by atoms with van der Waals surface area (Å²) >= 11 is 0. The summed E-state index contributed by atoms with van der Waals surface area (Å²) in [6, 6.07) is 16.2. The van der Waals surface area contributed by atoms with Crippen LogP contribution in [0.3, 0.4) is 0 Å². The van der Waals surface area contributed by atoms with E-state index in [2.05, 4.69) is 20.6 Å². The Labute approximate surface area is 157 Å². The summed E-state index contributed by atoms with van der Waals surface area (Å²) in [5, 5.41) is 5.98. The number of carbonyl (C=O) groups excluding carboxylic acids is 1. The summed E-state index contributed by atoms with van der Waals surface area (Å²) in [5.74, 6) is 1.98. The van der Waals surface area contributed by atoms with Crippen LogP contribution >= 0.6 is 0 Å². The zero-order chi connectivity index (χ0) is 19.2. The van der Waals surface area contributed by atoms with E-state index in [0.717, 1.165) is 5.69 Å². The van der Waals surface area contributed by atoms with Gasteiger partial charge in [0.2, 0.25) is 0 Å². The van der Waals surface area contributed by atoms with Gasteiger partial charge >= 0.3 is 0 Å². The third-order valence-corrected chi connectivity index (χ3v) is 3.77. The van der Waals surface area contributed by atoms with Gasteiger partial charge in [-0.1, -0.05) is 18.2 Å². The van der Waals surface area contributed by atoms with Crippen molar-refractivity contribution in [2.75, 3.05) is 24.9 Å². The van der Waals surface area contributed by atoms with E-state index in [1.165, 1.54) is 0 Å². The molecule has 7 nitrogen and oxygen atoms in total. The van der Waals surface area contributed by atoms with Gasteiger partial charge in [-0.15, -0.1) is 0 Å². The van der Waals surface area contributed by atoms with E-state index in [9.17, 15) is 4.79 Å². The molecule has 3 rings (SSSR count). The Balaban J connectivity index is 1.83. The van der Waals surface area contributed by atoms with Gasteiger partial charge in [0, 0.05) is 17.8 Å². The van der Waals surface area contributed by atoms with Crippen molar-refractivity contribution in [1.29, 1.82) is 0 Å². The summed E-state index contributed by atoms with van der Waals surface area (Å²) < 4.78 is 10.5. The first-order valence-corrected chi connectivity index (χ1v) is 8.30. The Morgan fingerprint density at radius 2 is 1.78 bits per heavy atom. The maximum Gasteiger partial charge on any atom is 0.274 e. The molecule has 0 aliphatic heterocycles. The third kappa shape index (κ3) is 4.52. The fourth-order valence-electron chi connectivity index (χ4n) is 2.53. The molecular weight excluding hydrogens is 344 g/mol. The van der Waals surface area contributed by atoms with Crippen LogP contribution in [0, 0.1) is 6.92 Å². The third-order valence-electron chi connectivity index (χ3n) is 3.77. The second-order valence-corrected chi connectivity index (χ2v) is 5.70. The van der Waals surface area contributed by atoms with E-state index in [0.29, 0.717) is 28.8 Å². The zero-order valence-corrected chi connectivity index (χ0v) is 15.3. The zero-order valence-electron chi connectivity index (χ0n) is 15.3. The number of aromatic nitrogens is 2. The number of aryl methyl sites for hydroxylation is 1. The molecule has 0 saturated heterocycles. The van der Waals surface area contributed by atoms with E-state index in [1.807, 2.05) is 24.3 Å². The van der Waals surface area contributed by atoms with Crippen LogP contribution < -0.4 is 20.1 Å². The van der Waals surface area contributed by atoms with Crippen molar-refractivity contribution in [3.8, 4) is 11.5 Å². The number of para-hydroxylation sites is 2. The minimum Gasteiger partial charge on any atom is -0.497 e. The Morgan fingerprint density at radius 3 is 2.56 bits per heavy atom. The second kappa shape index (κ2) is 8.18. The highest BCUT2D eigenvalue weighted by molar-refractivity contribution is 6.03. The first-order chi connectivity index (χ1) is 13.1. The minimum absolute atomic E-state index is 0.253. The van der Waals surface area contributed by atoms with Crippen LogP contribution in [0.5, 0.6) is 11.5 Å². The van der Waals surface area contributed by atoms with E-state index in [1.54, 1.807) is 51.5 Å². The second-order valence-electron chi connectivity index (χ2n) is 5.70. The summed E-state index contributed by atoms with van der Waals surface area (Å²) in [7, 11) is 3.17. The van der Waals surface area contributed by atoms with Crippen LogP contribution in [-0.2, 0) is 0 Å². The van der Waals surface area contributed by atoms with Crippen molar-refractivity contribution in [3.63, 3.8) is 0 Å². The highest BCUT2D eigenvalue weighted by Crippen LogP contribution is 2.26. The summed E-state index contributed by atoms with van der Waals surface area (Å²) in [6.45, 7) is 1.73. The van der Waals surface area contributed by atoms with Gasteiger partial charge in [-0.2, -0.15) is 0 Å². The van der Waals surface area contributed by atoms with E-state index < -0.39 is 0 Å². The SMILES string of the molecule is COc1cccc(NC(=O)c2cc(Nc3ccccc3OC)nc(C)n2)c1. The van der Waals surface area contributed by atoms with Gasteiger partial charge < -0.3 is 20.1 Å². The number of ether oxygens (including phenoxy) is 2. The first-order valence-electron chi connectivity index (χ1n) is 8.30. The molecule has 138 valence electrons. The predicted molar refractivity (Wildman–Crippen MR) is 104 cm³/mol. The number of methoxy groups -OCH3 is 2. The molecule has 0 bridgehead atoms. The van der Waals surface area contributed by atoms with Gasteiger partial charge in [-0.25, -0.2) is 9.97 Å². The van der Waals surface area contributed by atoms with Crippen molar-refractivity contribution in [1.82, 2.24) is 9.97 Å². The lowest BCUT2D eigenvalue weighted by Gasteiger charge is -2.12. The quantitative estimate of drug-likeness (QED) is 0.692. The molecule has 0 radical (unpaired) electrons. The van der Waals surface area contributed by atoms with Gasteiger partial charge in [0.25, 0.3) is 5.91 Å². The number of hydrogen-bond donors (Lipinski definition) is 2. The molecule has 2 aromatic carbocycles. The molecule has 3 aromatic rings. The molecule has 7 heteroatoms. The predicted octanol–water partition coefficient (Wildman–Crippen LogP) is 3.80. The molecule has 0 fully saturated rings. The lowest BCUT2D eigenvalue weighted by molar-refractivity contribution is 0.102. The van der Waals surface area contributed by atoms with Gasteiger partial charge in [0.15, 0.2) is 0 Å². The summed E-state index contributed by atoms with van der Waals surface area (Å²) in [5.41, 5.74) is 1.62. The number of anilines is 3. The van der Waals surface area contributed by atoms with Crippen LogP contribution in [0.1, 0.15) is 16.3 Å².